The average Bonchev–Trinajstić information content (AvgIpc) is 3.29. The van der Waals surface area contributed by atoms with Crippen LogP contribution in [0.1, 0.15) is 28.9 Å². The SMILES string of the molecule is CC(Nc1nccc(-n2cnc3ccccc32)n1)c1cccc(NC(=O)c2ccccc2)c1. The number of rotatable bonds is 6. The molecular formula is C26H22N6O. The predicted molar refractivity (Wildman–Crippen MR) is 130 cm³/mol. The molecule has 0 spiro atoms. The van der Waals surface area contributed by atoms with Crippen LogP contribution in [0.3, 0.4) is 0 Å². The van der Waals surface area contributed by atoms with Crippen LogP contribution in [0.25, 0.3) is 16.9 Å². The molecule has 7 nitrogen and oxygen atoms in total. The summed E-state index contributed by atoms with van der Waals surface area (Å²) in [5, 5.41) is 6.31. The zero-order valence-corrected chi connectivity index (χ0v) is 18.0. The van der Waals surface area contributed by atoms with Gasteiger partial charge < -0.3 is 10.6 Å². The molecule has 162 valence electrons. The number of aromatic nitrogens is 4. The van der Waals surface area contributed by atoms with Crippen LogP contribution in [0.2, 0.25) is 0 Å². The van der Waals surface area contributed by atoms with Gasteiger partial charge in [0.2, 0.25) is 5.95 Å². The molecule has 5 rings (SSSR count). The van der Waals surface area contributed by atoms with Crippen molar-refractivity contribution >= 4 is 28.6 Å². The number of anilines is 2. The van der Waals surface area contributed by atoms with Crippen LogP contribution >= 0.6 is 0 Å². The molecule has 7 heteroatoms. The molecule has 33 heavy (non-hydrogen) atoms. The molecule has 2 heterocycles. The van der Waals surface area contributed by atoms with Crippen molar-refractivity contribution in [3.05, 3.63) is 109 Å². The molecule has 0 saturated carbocycles. The van der Waals surface area contributed by atoms with E-state index in [0.29, 0.717) is 11.5 Å². The monoisotopic (exact) mass is 434 g/mol. The number of para-hydroxylation sites is 2. The summed E-state index contributed by atoms with van der Waals surface area (Å²) in [5.41, 5.74) is 4.24. The molecule has 1 atom stereocenters. The smallest absolute Gasteiger partial charge is 0.255 e. The maximum Gasteiger partial charge on any atom is 0.255 e. The van der Waals surface area contributed by atoms with Crippen LogP contribution in [0.4, 0.5) is 11.6 Å². The Morgan fingerprint density at radius 3 is 2.61 bits per heavy atom. The minimum absolute atomic E-state index is 0.0756. The van der Waals surface area contributed by atoms with Gasteiger partial charge in [0.15, 0.2) is 0 Å². The third-order valence-electron chi connectivity index (χ3n) is 5.37. The summed E-state index contributed by atoms with van der Waals surface area (Å²) >= 11 is 0. The fourth-order valence-electron chi connectivity index (χ4n) is 3.65. The second kappa shape index (κ2) is 8.92. The van der Waals surface area contributed by atoms with E-state index < -0.39 is 0 Å². The first-order valence-electron chi connectivity index (χ1n) is 10.7. The summed E-state index contributed by atoms with van der Waals surface area (Å²) < 4.78 is 1.94. The van der Waals surface area contributed by atoms with Crippen molar-refractivity contribution in [2.45, 2.75) is 13.0 Å². The number of imidazole rings is 1. The Balaban J connectivity index is 1.33. The first kappa shape index (κ1) is 20.4. The van der Waals surface area contributed by atoms with E-state index in [1.54, 1.807) is 24.7 Å². The van der Waals surface area contributed by atoms with E-state index in [1.807, 2.05) is 84.3 Å². The summed E-state index contributed by atoms with van der Waals surface area (Å²) in [6.07, 6.45) is 3.49. The van der Waals surface area contributed by atoms with Gasteiger partial charge in [-0.25, -0.2) is 9.97 Å². The van der Waals surface area contributed by atoms with Gasteiger partial charge in [0, 0.05) is 17.4 Å². The maximum absolute atomic E-state index is 12.5. The minimum Gasteiger partial charge on any atom is -0.348 e. The molecule has 1 unspecified atom stereocenters. The Bertz CT molecular complexity index is 1410. The van der Waals surface area contributed by atoms with Gasteiger partial charge in [-0.1, -0.05) is 42.5 Å². The van der Waals surface area contributed by atoms with E-state index in [4.69, 9.17) is 0 Å². The molecule has 0 fully saturated rings. The number of amides is 1. The average molecular weight is 435 g/mol. The molecule has 0 aliphatic carbocycles. The van der Waals surface area contributed by atoms with E-state index >= 15 is 0 Å². The predicted octanol–water partition coefficient (Wildman–Crippen LogP) is 5.24. The molecule has 0 aliphatic rings. The quantitative estimate of drug-likeness (QED) is 0.382. The summed E-state index contributed by atoms with van der Waals surface area (Å²) in [6, 6.07) is 26.6. The fourth-order valence-corrected chi connectivity index (χ4v) is 3.65. The summed E-state index contributed by atoms with van der Waals surface area (Å²) in [5.74, 6) is 1.10. The van der Waals surface area contributed by atoms with Gasteiger partial charge in [-0.05, 0) is 55.0 Å². The Labute approximate surface area is 191 Å². The van der Waals surface area contributed by atoms with E-state index in [1.165, 1.54) is 0 Å². The highest BCUT2D eigenvalue weighted by Gasteiger charge is 2.12. The molecule has 3 aromatic carbocycles. The molecule has 0 saturated heterocycles. The van der Waals surface area contributed by atoms with E-state index in [-0.39, 0.29) is 11.9 Å². The van der Waals surface area contributed by atoms with Crippen molar-refractivity contribution in [2.75, 3.05) is 10.6 Å². The van der Waals surface area contributed by atoms with E-state index in [2.05, 4.69) is 25.6 Å². The lowest BCUT2D eigenvalue weighted by Crippen LogP contribution is -2.13. The van der Waals surface area contributed by atoms with Gasteiger partial charge in [-0.2, -0.15) is 4.98 Å². The molecule has 2 N–H and O–H groups in total. The van der Waals surface area contributed by atoms with Crippen LogP contribution in [-0.4, -0.2) is 25.4 Å². The van der Waals surface area contributed by atoms with Crippen molar-refractivity contribution in [2.24, 2.45) is 0 Å². The van der Waals surface area contributed by atoms with Gasteiger partial charge in [-0.15, -0.1) is 0 Å². The van der Waals surface area contributed by atoms with Crippen molar-refractivity contribution in [1.29, 1.82) is 0 Å². The number of nitrogens with one attached hydrogen (secondary N) is 2. The lowest BCUT2D eigenvalue weighted by Gasteiger charge is -2.16. The van der Waals surface area contributed by atoms with Crippen LogP contribution in [0, 0.1) is 0 Å². The van der Waals surface area contributed by atoms with Crippen LogP contribution in [-0.2, 0) is 0 Å². The van der Waals surface area contributed by atoms with Gasteiger partial charge in [0.05, 0.1) is 17.1 Å². The molecule has 0 aliphatic heterocycles. The zero-order chi connectivity index (χ0) is 22.6. The zero-order valence-electron chi connectivity index (χ0n) is 18.0. The molecule has 5 aromatic rings. The minimum atomic E-state index is -0.142. The van der Waals surface area contributed by atoms with Crippen molar-refractivity contribution in [1.82, 2.24) is 19.5 Å². The van der Waals surface area contributed by atoms with Crippen molar-refractivity contribution < 1.29 is 4.79 Å². The van der Waals surface area contributed by atoms with Crippen LogP contribution in [0.5, 0.6) is 0 Å². The van der Waals surface area contributed by atoms with Crippen molar-refractivity contribution in [3.8, 4) is 5.82 Å². The highest BCUT2D eigenvalue weighted by molar-refractivity contribution is 6.04. The molecule has 0 bridgehead atoms. The van der Waals surface area contributed by atoms with Gasteiger partial charge in [-0.3, -0.25) is 9.36 Å². The third-order valence-corrected chi connectivity index (χ3v) is 5.37. The van der Waals surface area contributed by atoms with Crippen LogP contribution in [0.15, 0.2) is 97.5 Å². The maximum atomic E-state index is 12.5. The number of hydrogen-bond donors (Lipinski definition) is 2. The van der Waals surface area contributed by atoms with Crippen LogP contribution < -0.4 is 10.6 Å². The number of benzene rings is 3. The number of hydrogen-bond acceptors (Lipinski definition) is 5. The fraction of sp³-hybridized carbons (Fsp3) is 0.0769. The second-order valence-corrected chi connectivity index (χ2v) is 7.65. The highest BCUT2D eigenvalue weighted by atomic mass is 16.1. The Morgan fingerprint density at radius 2 is 1.73 bits per heavy atom. The number of fused-ring (bicyclic) bond motifs is 1. The summed E-state index contributed by atoms with van der Waals surface area (Å²) in [7, 11) is 0. The molecular weight excluding hydrogens is 412 g/mol. The van der Waals surface area contributed by atoms with Gasteiger partial charge in [0.1, 0.15) is 12.1 Å². The van der Waals surface area contributed by atoms with Gasteiger partial charge >= 0.3 is 0 Å². The van der Waals surface area contributed by atoms with Crippen molar-refractivity contribution in [3.63, 3.8) is 0 Å². The van der Waals surface area contributed by atoms with E-state index in [0.717, 1.165) is 28.1 Å². The Kier molecular flexibility index (Phi) is 5.51. The third kappa shape index (κ3) is 4.43. The van der Waals surface area contributed by atoms with E-state index in [9.17, 15) is 4.79 Å². The topological polar surface area (TPSA) is 84.7 Å². The largest absolute Gasteiger partial charge is 0.348 e. The lowest BCUT2D eigenvalue weighted by atomic mass is 10.1. The number of nitrogens with zero attached hydrogens (tertiary/aromatic N) is 4. The number of carbonyl (C=O) groups excluding carboxylic acids is 1. The Hall–Kier alpha value is -4.52. The first-order valence-corrected chi connectivity index (χ1v) is 10.7. The molecule has 2 aromatic heterocycles. The first-order chi connectivity index (χ1) is 16.2. The highest BCUT2D eigenvalue weighted by Crippen LogP contribution is 2.22. The standard InChI is InChI=1S/C26H22N6O/c1-18(20-10-7-11-21(16-20)30-25(33)19-8-3-2-4-9-19)29-26-27-15-14-24(31-26)32-17-28-22-12-5-6-13-23(22)32/h2-18H,1H3,(H,30,33)(H,27,29,31). The molecule has 1 amide bonds. The Morgan fingerprint density at radius 1 is 0.909 bits per heavy atom. The number of carbonyl (C=O) groups is 1. The summed E-state index contributed by atoms with van der Waals surface area (Å²) in [4.78, 5) is 26.0. The lowest BCUT2D eigenvalue weighted by molar-refractivity contribution is 0.102. The normalized spacial score (nSPS) is 11.8. The second-order valence-electron chi connectivity index (χ2n) is 7.65. The summed E-state index contributed by atoms with van der Waals surface area (Å²) in [6.45, 7) is 2.03. The molecule has 0 radical (unpaired) electrons. The van der Waals surface area contributed by atoms with Gasteiger partial charge in [0.25, 0.3) is 5.91 Å².